The Balaban J connectivity index is 1.59. The molecule has 0 spiro atoms. The molecule has 0 bridgehead atoms. The van der Waals surface area contributed by atoms with Crippen LogP contribution in [0.5, 0.6) is 0 Å². The average Bonchev–Trinajstić information content (AvgIpc) is 3.25. The van der Waals surface area contributed by atoms with Crippen molar-refractivity contribution in [3.8, 4) is 10.8 Å². The van der Waals surface area contributed by atoms with Crippen molar-refractivity contribution >= 4 is 17.4 Å². The van der Waals surface area contributed by atoms with Crippen LogP contribution in [-0.4, -0.2) is 58.9 Å². The highest BCUT2D eigenvalue weighted by Crippen LogP contribution is 2.27. The van der Waals surface area contributed by atoms with Gasteiger partial charge in [-0.1, -0.05) is 6.07 Å². The van der Waals surface area contributed by atoms with Crippen molar-refractivity contribution in [2.24, 2.45) is 0 Å². The maximum absolute atomic E-state index is 11.7. The summed E-state index contributed by atoms with van der Waals surface area (Å²) in [5.41, 5.74) is 0. The van der Waals surface area contributed by atoms with E-state index >= 15 is 0 Å². The van der Waals surface area contributed by atoms with Crippen molar-refractivity contribution in [1.82, 2.24) is 20.0 Å². The zero-order valence-electron chi connectivity index (χ0n) is 13.3. The van der Waals surface area contributed by atoms with E-state index in [0.717, 1.165) is 18.0 Å². The molecular formula is C15H20N4O3S. The van der Waals surface area contributed by atoms with Crippen LogP contribution in [0.15, 0.2) is 21.9 Å². The number of aromatic nitrogens is 2. The molecule has 1 aliphatic heterocycles. The quantitative estimate of drug-likeness (QED) is 0.855. The molecule has 2 aromatic rings. The molecule has 0 unspecified atom stereocenters. The van der Waals surface area contributed by atoms with E-state index in [1.165, 1.54) is 0 Å². The minimum absolute atomic E-state index is 0.0283. The Kier molecular flexibility index (Phi) is 4.92. The van der Waals surface area contributed by atoms with E-state index in [2.05, 4.69) is 15.1 Å². The Bertz CT molecular complexity index is 635. The normalized spacial score (nSPS) is 17.2. The second kappa shape index (κ2) is 7.10. The van der Waals surface area contributed by atoms with E-state index < -0.39 is 0 Å². The minimum atomic E-state index is -0.238. The van der Waals surface area contributed by atoms with Gasteiger partial charge in [0.25, 0.3) is 5.89 Å². The van der Waals surface area contributed by atoms with Gasteiger partial charge in [-0.05, 0) is 25.3 Å². The van der Waals surface area contributed by atoms with Crippen molar-refractivity contribution in [2.75, 3.05) is 32.8 Å². The summed E-state index contributed by atoms with van der Waals surface area (Å²) in [5.74, 6) is 1.17. The van der Waals surface area contributed by atoms with Crippen LogP contribution in [0.1, 0.15) is 25.8 Å². The maximum Gasteiger partial charge on any atom is 0.409 e. The summed E-state index contributed by atoms with van der Waals surface area (Å²) >= 11 is 1.58. The van der Waals surface area contributed by atoms with E-state index in [9.17, 15) is 4.79 Å². The Morgan fingerprint density at radius 3 is 2.83 bits per heavy atom. The summed E-state index contributed by atoms with van der Waals surface area (Å²) in [6, 6.07) is 3.95. The average molecular weight is 336 g/mol. The molecular weight excluding hydrogens is 316 g/mol. The lowest BCUT2D eigenvalue weighted by atomic mass is 10.2. The number of thiophene rings is 1. The monoisotopic (exact) mass is 336 g/mol. The predicted molar refractivity (Wildman–Crippen MR) is 86.2 cm³/mol. The first-order valence-electron chi connectivity index (χ1n) is 7.72. The van der Waals surface area contributed by atoms with Crippen LogP contribution in [0.25, 0.3) is 10.8 Å². The lowest BCUT2D eigenvalue weighted by molar-refractivity contribution is 0.0642. The van der Waals surface area contributed by atoms with Crippen molar-refractivity contribution in [3.05, 3.63) is 23.4 Å². The van der Waals surface area contributed by atoms with Gasteiger partial charge in [-0.15, -0.1) is 21.5 Å². The Morgan fingerprint density at radius 1 is 1.39 bits per heavy atom. The fraction of sp³-hybridized carbons (Fsp3) is 0.533. The van der Waals surface area contributed by atoms with Crippen LogP contribution in [-0.2, 0) is 4.74 Å². The summed E-state index contributed by atoms with van der Waals surface area (Å²) < 4.78 is 10.8. The second-order valence-electron chi connectivity index (χ2n) is 5.32. The van der Waals surface area contributed by atoms with Crippen LogP contribution >= 0.6 is 11.3 Å². The van der Waals surface area contributed by atoms with Crippen LogP contribution in [0.3, 0.4) is 0 Å². The molecule has 1 amide bonds. The first-order chi connectivity index (χ1) is 11.2. The highest BCUT2D eigenvalue weighted by atomic mass is 32.1. The second-order valence-corrected chi connectivity index (χ2v) is 6.27. The van der Waals surface area contributed by atoms with Gasteiger partial charge in [0.15, 0.2) is 0 Å². The zero-order valence-corrected chi connectivity index (χ0v) is 14.1. The number of rotatable bonds is 4. The molecule has 3 rings (SSSR count). The number of ether oxygens (including phenoxy) is 1. The standard InChI is InChI=1S/C15H20N4O3S/c1-3-21-15(20)19-8-6-18(7-9-19)11(2)13-16-17-14(22-13)12-5-4-10-23-12/h4-5,10-11H,3,6-9H2,1-2H3/t11-/m0/s1. The predicted octanol–water partition coefficient (Wildman–Crippen LogP) is 2.63. The third-order valence-corrected chi connectivity index (χ3v) is 4.78. The van der Waals surface area contributed by atoms with Crippen LogP contribution < -0.4 is 0 Å². The number of carbonyl (C=O) groups is 1. The first kappa shape index (κ1) is 15.9. The summed E-state index contributed by atoms with van der Waals surface area (Å²) in [4.78, 5) is 16.7. The van der Waals surface area contributed by atoms with Crippen LogP contribution in [0.2, 0.25) is 0 Å². The summed E-state index contributed by atoms with van der Waals surface area (Å²) in [7, 11) is 0. The number of carbonyl (C=O) groups excluding carboxylic acids is 1. The van der Waals surface area contributed by atoms with Crippen LogP contribution in [0, 0.1) is 0 Å². The maximum atomic E-state index is 11.7. The fourth-order valence-corrected chi connectivity index (χ4v) is 3.21. The molecule has 7 nitrogen and oxygen atoms in total. The smallest absolute Gasteiger partial charge is 0.409 e. The third-order valence-electron chi connectivity index (χ3n) is 3.92. The van der Waals surface area contributed by atoms with Crippen molar-refractivity contribution < 1.29 is 13.9 Å². The molecule has 124 valence electrons. The van der Waals surface area contributed by atoms with Crippen molar-refractivity contribution in [2.45, 2.75) is 19.9 Å². The van der Waals surface area contributed by atoms with E-state index in [1.54, 1.807) is 16.2 Å². The molecule has 3 heterocycles. The zero-order chi connectivity index (χ0) is 16.2. The number of nitrogens with zero attached hydrogens (tertiary/aromatic N) is 4. The van der Waals surface area contributed by atoms with Gasteiger partial charge in [-0.2, -0.15) is 0 Å². The van der Waals surface area contributed by atoms with Gasteiger partial charge in [0.1, 0.15) is 0 Å². The molecule has 1 saturated heterocycles. The van der Waals surface area contributed by atoms with Gasteiger partial charge in [0.05, 0.1) is 17.5 Å². The number of piperazine rings is 1. The summed E-state index contributed by atoms with van der Waals surface area (Å²) in [6.07, 6.45) is -0.238. The molecule has 0 aromatic carbocycles. The Hall–Kier alpha value is -1.93. The molecule has 1 aliphatic rings. The molecule has 1 atom stereocenters. The van der Waals surface area contributed by atoms with E-state index in [4.69, 9.17) is 9.15 Å². The van der Waals surface area contributed by atoms with Gasteiger partial charge >= 0.3 is 6.09 Å². The van der Waals surface area contributed by atoms with Gasteiger partial charge in [-0.25, -0.2) is 4.79 Å². The Labute approximate surface area is 138 Å². The lowest BCUT2D eigenvalue weighted by Crippen LogP contribution is -2.49. The molecule has 0 radical (unpaired) electrons. The van der Waals surface area contributed by atoms with Gasteiger partial charge < -0.3 is 14.1 Å². The highest BCUT2D eigenvalue weighted by molar-refractivity contribution is 7.13. The van der Waals surface area contributed by atoms with E-state index in [-0.39, 0.29) is 12.1 Å². The number of hydrogen-bond donors (Lipinski definition) is 0. The topological polar surface area (TPSA) is 71.7 Å². The van der Waals surface area contributed by atoms with Crippen molar-refractivity contribution in [1.29, 1.82) is 0 Å². The highest BCUT2D eigenvalue weighted by Gasteiger charge is 2.28. The SMILES string of the molecule is CCOC(=O)N1CCN([C@@H](C)c2nnc(-c3cccs3)o2)CC1. The molecule has 23 heavy (non-hydrogen) atoms. The molecule has 2 aromatic heterocycles. The van der Waals surface area contributed by atoms with Gasteiger partial charge in [0, 0.05) is 26.2 Å². The molecule has 1 fully saturated rings. The largest absolute Gasteiger partial charge is 0.450 e. The van der Waals surface area contributed by atoms with Crippen LogP contribution in [0.4, 0.5) is 4.79 Å². The fourth-order valence-electron chi connectivity index (χ4n) is 2.57. The minimum Gasteiger partial charge on any atom is -0.450 e. The van der Waals surface area contributed by atoms with Gasteiger partial charge in [-0.3, -0.25) is 4.90 Å². The summed E-state index contributed by atoms with van der Waals surface area (Å²) in [5, 5.41) is 10.3. The van der Waals surface area contributed by atoms with Crippen molar-refractivity contribution in [3.63, 3.8) is 0 Å². The molecule has 0 saturated carbocycles. The molecule has 0 aliphatic carbocycles. The van der Waals surface area contributed by atoms with E-state index in [0.29, 0.717) is 31.5 Å². The van der Waals surface area contributed by atoms with Gasteiger partial charge in [0.2, 0.25) is 5.89 Å². The summed E-state index contributed by atoms with van der Waals surface area (Å²) in [6.45, 7) is 7.09. The Morgan fingerprint density at radius 2 is 2.17 bits per heavy atom. The third kappa shape index (κ3) is 3.53. The lowest BCUT2D eigenvalue weighted by Gasteiger charge is -2.36. The molecule has 0 N–H and O–H groups in total. The molecule has 8 heteroatoms. The van der Waals surface area contributed by atoms with E-state index in [1.807, 2.05) is 31.4 Å². The first-order valence-corrected chi connectivity index (χ1v) is 8.60. The number of hydrogen-bond acceptors (Lipinski definition) is 7. The number of amides is 1.